The number of ketones is 1. The first-order valence-electron chi connectivity index (χ1n) is 16.2. The van der Waals surface area contributed by atoms with Gasteiger partial charge in [0.25, 0.3) is 0 Å². The molecule has 3 aromatic rings. The van der Waals surface area contributed by atoms with Gasteiger partial charge in [0.2, 0.25) is 11.9 Å². The number of hydrogen-bond acceptors (Lipinski definition) is 12. The first kappa shape index (κ1) is 34.6. The highest BCUT2D eigenvalue weighted by Crippen LogP contribution is 2.26. The molecule has 14 heteroatoms. The second-order valence-corrected chi connectivity index (χ2v) is 12.2. The van der Waals surface area contributed by atoms with Crippen molar-refractivity contribution in [3.05, 3.63) is 58.9 Å². The molecule has 5 heterocycles. The lowest BCUT2D eigenvalue weighted by atomic mass is 9.98. The molecule has 2 N–H and O–H groups in total. The standard InChI is InChI=1S/C33H43N7O6.H2S/c1-3-32(43)39-10-12-40(13-11-39)33-36-28(15-31(37-33)35-25-18-44-19-25)29(42)7-5-26(41)17-38-9-8-23-14-27(6-4-24(23)16-38)45-20-30-22(2)34-21-46-30;/h4,6,14-15,21,25-26,41H,3,5,7-13,16-20H2,1-2H3,(H,35,36,37);1H2/t26-;/m0./s1. The summed E-state index contributed by atoms with van der Waals surface area (Å²) in [6.45, 7) is 9.70. The zero-order chi connectivity index (χ0) is 32.0. The van der Waals surface area contributed by atoms with Crippen LogP contribution in [-0.4, -0.2) is 106 Å². The normalized spacial score (nSPS) is 17.3. The number of hydrogen-bond donors (Lipinski definition) is 2. The summed E-state index contributed by atoms with van der Waals surface area (Å²) >= 11 is 0. The van der Waals surface area contributed by atoms with Crippen molar-refractivity contribution in [1.82, 2.24) is 24.8 Å². The molecule has 13 nitrogen and oxygen atoms in total. The van der Waals surface area contributed by atoms with Crippen LogP contribution in [-0.2, 0) is 29.1 Å². The van der Waals surface area contributed by atoms with Crippen LogP contribution in [0.3, 0.4) is 0 Å². The van der Waals surface area contributed by atoms with Gasteiger partial charge in [-0.2, -0.15) is 18.5 Å². The van der Waals surface area contributed by atoms with Crippen LogP contribution in [0.25, 0.3) is 0 Å². The predicted octanol–water partition coefficient (Wildman–Crippen LogP) is 2.72. The molecule has 47 heavy (non-hydrogen) atoms. The molecule has 6 rings (SSSR count). The number of amides is 1. The molecule has 1 aromatic carbocycles. The fourth-order valence-corrected chi connectivity index (χ4v) is 5.96. The van der Waals surface area contributed by atoms with Gasteiger partial charge in [-0.05, 0) is 43.0 Å². The maximum atomic E-state index is 13.4. The molecule has 2 saturated heterocycles. The van der Waals surface area contributed by atoms with E-state index < -0.39 is 6.10 Å². The highest BCUT2D eigenvalue weighted by molar-refractivity contribution is 7.59. The van der Waals surface area contributed by atoms with Gasteiger partial charge in [-0.25, -0.2) is 9.97 Å². The zero-order valence-electron chi connectivity index (χ0n) is 27.1. The molecule has 0 spiro atoms. The van der Waals surface area contributed by atoms with E-state index in [0.717, 1.165) is 36.7 Å². The lowest BCUT2D eigenvalue weighted by Crippen LogP contribution is -2.49. The smallest absolute Gasteiger partial charge is 0.228 e. The maximum Gasteiger partial charge on any atom is 0.228 e. The molecule has 3 aliphatic heterocycles. The molecule has 0 aliphatic carbocycles. The molecule has 2 fully saturated rings. The summed E-state index contributed by atoms with van der Waals surface area (Å²) in [5.41, 5.74) is 3.61. The third kappa shape index (κ3) is 8.80. The number of anilines is 2. The number of rotatable bonds is 13. The fourth-order valence-electron chi connectivity index (χ4n) is 5.96. The molecule has 1 atom stereocenters. The van der Waals surface area contributed by atoms with Gasteiger partial charge in [0, 0.05) is 64.7 Å². The number of nitrogens with zero attached hydrogens (tertiary/aromatic N) is 6. The van der Waals surface area contributed by atoms with Crippen molar-refractivity contribution in [1.29, 1.82) is 0 Å². The Kier molecular flexibility index (Phi) is 11.7. The third-order valence-electron chi connectivity index (χ3n) is 8.87. The Morgan fingerprint density at radius 3 is 2.62 bits per heavy atom. The van der Waals surface area contributed by atoms with Crippen LogP contribution in [0.5, 0.6) is 5.75 Å². The molecule has 0 saturated carbocycles. The van der Waals surface area contributed by atoms with Crippen LogP contribution in [0.1, 0.15) is 59.3 Å². The second kappa shape index (κ2) is 15.9. The minimum absolute atomic E-state index is 0. The van der Waals surface area contributed by atoms with E-state index in [0.29, 0.717) is 82.8 Å². The predicted molar refractivity (Wildman–Crippen MR) is 180 cm³/mol. The summed E-state index contributed by atoms with van der Waals surface area (Å²) in [5, 5.41) is 14.3. The summed E-state index contributed by atoms with van der Waals surface area (Å²) < 4.78 is 16.6. The van der Waals surface area contributed by atoms with Crippen molar-refractivity contribution in [2.45, 2.75) is 64.8 Å². The Morgan fingerprint density at radius 2 is 1.91 bits per heavy atom. The van der Waals surface area contributed by atoms with E-state index in [9.17, 15) is 14.7 Å². The van der Waals surface area contributed by atoms with Crippen LogP contribution in [0.2, 0.25) is 0 Å². The van der Waals surface area contributed by atoms with E-state index in [-0.39, 0.29) is 37.6 Å². The zero-order valence-corrected chi connectivity index (χ0v) is 28.1. The highest BCUT2D eigenvalue weighted by Gasteiger charge is 2.26. The number of carbonyl (C=O) groups excluding carboxylic acids is 2. The molecular formula is C33H45N7O6S. The summed E-state index contributed by atoms with van der Waals surface area (Å²) in [7, 11) is 0. The monoisotopic (exact) mass is 667 g/mol. The highest BCUT2D eigenvalue weighted by atomic mass is 32.1. The molecular weight excluding hydrogens is 622 g/mol. The second-order valence-electron chi connectivity index (χ2n) is 12.2. The van der Waals surface area contributed by atoms with Crippen LogP contribution in [0.4, 0.5) is 11.8 Å². The van der Waals surface area contributed by atoms with Gasteiger partial charge < -0.3 is 34.1 Å². The van der Waals surface area contributed by atoms with E-state index >= 15 is 0 Å². The number of aliphatic hydroxyl groups excluding tert-OH is 1. The lowest BCUT2D eigenvalue weighted by Gasteiger charge is -2.35. The number of aliphatic hydroxyl groups is 1. The van der Waals surface area contributed by atoms with E-state index in [1.54, 1.807) is 6.07 Å². The van der Waals surface area contributed by atoms with Gasteiger partial charge >= 0.3 is 0 Å². The largest absolute Gasteiger partial charge is 0.486 e. The Morgan fingerprint density at radius 1 is 1.11 bits per heavy atom. The van der Waals surface area contributed by atoms with Gasteiger partial charge in [-0.1, -0.05) is 13.0 Å². The number of carbonyl (C=O) groups is 2. The number of piperazine rings is 1. The minimum atomic E-state index is -0.645. The van der Waals surface area contributed by atoms with Crippen molar-refractivity contribution in [2.24, 2.45) is 0 Å². The van der Waals surface area contributed by atoms with Gasteiger partial charge in [-0.3, -0.25) is 14.5 Å². The number of ether oxygens (including phenoxy) is 2. The summed E-state index contributed by atoms with van der Waals surface area (Å²) in [6.07, 6.45) is 2.64. The van der Waals surface area contributed by atoms with Crippen molar-refractivity contribution < 1.29 is 28.6 Å². The average molecular weight is 668 g/mol. The van der Waals surface area contributed by atoms with Crippen LogP contribution in [0.15, 0.2) is 35.1 Å². The number of Topliss-reactive ketones (excluding diaryl/α,β-unsaturated/α-hetero) is 1. The first-order chi connectivity index (χ1) is 22.3. The van der Waals surface area contributed by atoms with Crippen molar-refractivity contribution in [3.8, 4) is 5.75 Å². The first-order valence-corrected chi connectivity index (χ1v) is 16.2. The topological polar surface area (TPSA) is 146 Å². The number of aromatic nitrogens is 3. The summed E-state index contributed by atoms with van der Waals surface area (Å²) in [6, 6.07) is 7.96. The number of aryl methyl sites for hydroxylation is 1. The SMILES string of the molecule is CCC(=O)N1CCN(c2nc(NC3COC3)cc(C(=O)CC[C@H](O)CN3CCc4cc(OCc5ocnc5C)ccc4C3)n2)CC1.S. The Labute approximate surface area is 282 Å². The van der Waals surface area contributed by atoms with Crippen molar-refractivity contribution >= 4 is 37.0 Å². The van der Waals surface area contributed by atoms with Gasteiger partial charge in [-0.15, -0.1) is 0 Å². The van der Waals surface area contributed by atoms with Gasteiger partial charge in [0.05, 0.1) is 31.1 Å². The van der Waals surface area contributed by atoms with Crippen LogP contribution >= 0.6 is 13.5 Å². The van der Waals surface area contributed by atoms with Crippen LogP contribution in [0, 0.1) is 6.92 Å². The molecule has 0 radical (unpaired) electrons. The summed E-state index contributed by atoms with van der Waals surface area (Å²) in [5.74, 6) is 2.58. The fraction of sp³-hybridized carbons (Fsp3) is 0.545. The number of benzene rings is 1. The minimum Gasteiger partial charge on any atom is -0.486 e. The van der Waals surface area contributed by atoms with Gasteiger partial charge in [0.15, 0.2) is 17.9 Å². The maximum absolute atomic E-state index is 13.4. The number of β-amino-alcohol motifs (C(OH)–C–C–N with tert-alkyl or cyclic N) is 1. The van der Waals surface area contributed by atoms with E-state index in [1.165, 1.54) is 17.5 Å². The molecule has 0 bridgehead atoms. The number of nitrogens with one attached hydrogen (secondary N) is 1. The number of oxazole rings is 1. The number of fused-ring (bicyclic) bond motifs is 1. The molecule has 3 aliphatic rings. The lowest BCUT2D eigenvalue weighted by molar-refractivity contribution is -0.131. The Balaban J connectivity index is 0.00000433. The molecule has 2 aromatic heterocycles. The van der Waals surface area contributed by atoms with E-state index in [1.807, 2.05) is 29.7 Å². The van der Waals surface area contributed by atoms with Crippen molar-refractivity contribution in [3.63, 3.8) is 0 Å². The third-order valence-corrected chi connectivity index (χ3v) is 8.87. The molecule has 0 unspecified atom stereocenters. The Bertz CT molecular complexity index is 1520. The molecule has 254 valence electrons. The van der Waals surface area contributed by atoms with E-state index in [2.05, 4.69) is 32.3 Å². The van der Waals surface area contributed by atoms with E-state index in [4.69, 9.17) is 18.9 Å². The summed E-state index contributed by atoms with van der Waals surface area (Å²) in [4.78, 5) is 45.0. The van der Waals surface area contributed by atoms with Crippen molar-refractivity contribution in [2.75, 3.05) is 62.7 Å². The Hall–Kier alpha value is -3.72. The van der Waals surface area contributed by atoms with Gasteiger partial charge in [0.1, 0.15) is 23.9 Å². The quantitative estimate of drug-likeness (QED) is 0.259. The molecule has 1 amide bonds. The average Bonchev–Trinajstić information content (AvgIpc) is 3.48. The van der Waals surface area contributed by atoms with Crippen LogP contribution < -0.4 is 15.0 Å².